The molecule has 0 spiro atoms. The van der Waals surface area contributed by atoms with Gasteiger partial charge in [-0.3, -0.25) is 10.2 Å². The molecule has 1 amide bonds. The van der Waals surface area contributed by atoms with Crippen LogP contribution in [0.2, 0.25) is 0 Å². The molecule has 34 heavy (non-hydrogen) atoms. The Labute approximate surface area is 189 Å². The van der Waals surface area contributed by atoms with Crippen molar-refractivity contribution in [3.05, 3.63) is 66.0 Å². The number of nitriles is 1. The number of rotatable bonds is 6. The van der Waals surface area contributed by atoms with Crippen LogP contribution in [0.25, 0.3) is 0 Å². The minimum atomic E-state index is -4.88. The van der Waals surface area contributed by atoms with Crippen molar-refractivity contribution in [3.63, 3.8) is 0 Å². The molecule has 1 N–H and O–H groups in total. The van der Waals surface area contributed by atoms with Gasteiger partial charge in [-0.05, 0) is 48.9 Å². The molecule has 0 saturated heterocycles. The van der Waals surface area contributed by atoms with E-state index in [1.807, 2.05) is 6.07 Å². The van der Waals surface area contributed by atoms with Crippen LogP contribution in [-0.4, -0.2) is 23.6 Å². The van der Waals surface area contributed by atoms with E-state index in [1.54, 1.807) is 31.2 Å². The highest BCUT2D eigenvalue weighted by Gasteiger charge is 2.65. The average molecular weight is 474 g/mol. The number of hydrazine groups is 1. The molecule has 0 radical (unpaired) electrons. The van der Waals surface area contributed by atoms with E-state index in [-0.39, 0.29) is 11.4 Å². The second-order valence-electron chi connectivity index (χ2n) is 7.02. The SMILES string of the molecule is Cc1cc(Oc2ccnc(C#N)c2)ccc1NN(C=O)c1ccc2c(c1)OC(F)(F)C(F)(F)O2. The van der Waals surface area contributed by atoms with Crippen molar-refractivity contribution in [2.45, 2.75) is 19.1 Å². The van der Waals surface area contributed by atoms with Crippen LogP contribution in [0.4, 0.5) is 28.9 Å². The maximum atomic E-state index is 13.5. The molecule has 1 aliphatic heterocycles. The van der Waals surface area contributed by atoms with Gasteiger partial charge >= 0.3 is 12.2 Å². The number of benzene rings is 2. The van der Waals surface area contributed by atoms with Crippen LogP contribution < -0.4 is 24.6 Å². The molecule has 2 aromatic carbocycles. The first kappa shape index (κ1) is 22.7. The number of aryl methyl sites for hydroxylation is 1. The van der Waals surface area contributed by atoms with Crippen molar-refractivity contribution in [2.75, 3.05) is 10.4 Å². The molecule has 0 aliphatic carbocycles. The summed E-state index contributed by atoms with van der Waals surface area (Å²) in [4.78, 5) is 15.5. The van der Waals surface area contributed by atoms with Gasteiger partial charge in [-0.25, -0.2) is 9.99 Å². The van der Waals surface area contributed by atoms with Crippen molar-refractivity contribution >= 4 is 17.8 Å². The second kappa shape index (κ2) is 8.43. The molecule has 0 atom stereocenters. The predicted octanol–water partition coefficient (Wildman–Crippen LogP) is 5.00. The fraction of sp³-hybridized carbons (Fsp3) is 0.136. The number of carbonyl (C=O) groups is 1. The number of alkyl halides is 4. The van der Waals surface area contributed by atoms with Gasteiger partial charge in [0.15, 0.2) is 11.5 Å². The fourth-order valence-corrected chi connectivity index (χ4v) is 2.98. The number of ether oxygens (including phenoxy) is 3. The molecule has 174 valence electrons. The molecule has 1 aromatic heterocycles. The quantitative estimate of drug-likeness (QED) is 0.305. The van der Waals surface area contributed by atoms with E-state index in [9.17, 15) is 22.4 Å². The van der Waals surface area contributed by atoms with Gasteiger partial charge in [0.2, 0.25) is 6.41 Å². The highest BCUT2D eigenvalue weighted by Crippen LogP contribution is 2.47. The average Bonchev–Trinajstić information content (AvgIpc) is 2.79. The predicted molar refractivity (Wildman–Crippen MR) is 110 cm³/mol. The van der Waals surface area contributed by atoms with Crippen LogP contribution >= 0.6 is 0 Å². The summed E-state index contributed by atoms with van der Waals surface area (Å²) in [5, 5.41) is 9.87. The maximum Gasteiger partial charge on any atom is 0.507 e. The Morgan fingerprint density at radius 3 is 2.41 bits per heavy atom. The van der Waals surface area contributed by atoms with Crippen LogP contribution in [0, 0.1) is 18.3 Å². The van der Waals surface area contributed by atoms with Gasteiger partial charge in [-0.15, -0.1) is 0 Å². The molecule has 8 nitrogen and oxygen atoms in total. The summed E-state index contributed by atoms with van der Waals surface area (Å²) in [5.74, 6) is -0.409. The zero-order valence-electron chi connectivity index (χ0n) is 17.3. The Morgan fingerprint density at radius 2 is 1.74 bits per heavy atom. The van der Waals surface area contributed by atoms with Crippen LogP contribution in [0.3, 0.4) is 0 Å². The number of pyridine rings is 1. The van der Waals surface area contributed by atoms with E-state index >= 15 is 0 Å². The summed E-state index contributed by atoms with van der Waals surface area (Å²) in [6.45, 7) is 1.72. The van der Waals surface area contributed by atoms with Gasteiger partial charge in [0.05, 0.1) is 11.4 Å². The third-order valence-electron chi connectivity index (χ3n) is 4.65. The van der Waals surface area contributed by atoms with E-state index in [4.69, 9.17) is 10.00 Å². The van der Waals surface area contributed by atoms with Gasteiger partial charge in [0.25, 0.3) is 0 Å². The van der Waals surface area contributed by atoms with E-state index < -0.39 is 23.7 Å². The number of anilines is 2. The Hall–Kier alpha value is -4.53. The normalized spacial score (nSPS) is 15.1. The Balaban J connectivity index is 1.53. The number of hydrogen-bond acceptors (Lipinski definition) is 7. The molecule has 1 aliphatic rings. The Kier molecular flexibility index (Phi) is 5.62. The van der Waals surface area contributed by atoms with Crippen LogP contribution in [0.5, 0.6) is 23.0 Å². The summed E-state index contributed by atoms with van der Waals surface area (Å²) in [5.41, 5.74) is 4.11. The number of carbonyl (C=O) groups excluding carboxylic acids is 1. The van der Waals surface area contributed by atoms with Gasteiger partial charge < -0.3 is 14.2 Å². The van der Waals surface area contributed by atoms with E-state index in [0.717, 1.165) is 17.1 Å². The Morgan fingerprint density at radius 1 is 1.03 bits per heavy atom. The lowest BCUT2D eigenvalue weighted by Crippen LogP contribution is -2.52. The standard InChI is InChI=1S/C22H14F4N4O4/c1-13-8-16(32-17-6-7-28-14(9-17)11-27)3-4-18(13)29-30(12-31)15-2-5-19-20(10-15)34-22(25,26)21(23,24)33-19/h2-10,12,29H,1H3. The van der Waals surface area contributed by atoms with Gasteiger partial charge in [-0.2, -0.15) is 22.8 Å². The molecule has 12 heteroatoms. The molecular weight excluding hydrogens is 460 g/mol. The van der Waals surface area contributed by atoms with Crippen LogP contribution in [-0.2, 0) is 4.79 Å². The zero-order valence-corrected chi connectivity index (χ0v) is 17.3. The summed E-state index contributed by atoms with van der Waals surface area (Å²) in [6, 6.07) is 13.0. The second-order valence-corrected chi connectivity index (χ2v) is 7.02. The first-order chi connectivity index (χ1) is 16.1. The number of nitrogens with zero attached hydrogens (tertiary/aromatic N) is 3. The third kappa shape index (κ3) is 4.36. The topological polar surface area (TPSA) is 96.7 Å². The smallest absolute Gasteiger partial charge is 0.457 e. The monoisotopic (exact) mass is 474 g/mol. The molecular formula is C22H14F4N4O4. The van der Waals surface area contributed by atoms with Crippen molar-refractivity contribution in [1.29, 1.82) is 5.26 Å². The molecule has 0 saturated carbocycles. The van der Waals surface area contributed by atoms with Gasteiger partial charge in [0, 0.05) is 18.3 Å². The number of fused-ring (bicyclic) bond motifs is 1. The van der Waals surface area contributed by atoms with Crippen LogP contribution in [0.1, 0.15) is 11.3 Å². The van der Waals surface area contributed by atoms with Gasteiger partial charge in [-0.1, -0.05) is 0 Å². The lowest BCUT2D eigenvalue weighted by molar-refractivity contribution is -0.391. The molecule has 4 rings (SSSR count). The first-order valence-corrected chi connectivity index (χ1v) is 9.55. The summed E-state index contributed by atoms with van der Waals surface area (Å²) < 4.78 is 67.5. The zero-order chi connectivity index (χ0) is 24.5. The number of halogens is 4. The minimum Gasteiger partial charge on any atom is -0.457 e. The van der Waals surface area contributed by atoms with Crippen molar-refractivity contribution in [2.24, 2.45) is 0 Å². The molecule has 2 heterocycles. The molecule has 0 bridgehead atoms. The number of nitrogens with one attached hydrogen (secondary N) is 1. The van der Waals surface area contributed by atoms with Crippen molar-refractivity contribution in [1.82, 2.24) is 4.98 Å². The van der Waals surface area contributed by atoms with Crippen molar-refractivity contribution in [3.8, 4) is 29.1 Å². The van der Waals surface area contributed by atoms with E-state index in [1.165, 1.54) is 18.3 Å². The van der Waals surface area contributed by atoms with Crippen LogP contribution in [0.15, 0.2) is 54.7 Å². The summed E-state index contributed by atoms with van der Waals surface area (Å²) in [6.07, 6.45) is -7.92. The highest BCUT2D eigenvalue weighted by atomic mass is 19.3. The number of aromatic nitrogens is 1. The van der Waals surface area contributed by atoms with E-state index in [0.29, 0.717) is 29.2 Å². The molecule has 3 aromatic rings. The number of hydrogen-bond donors (Lipinski definition) is 1. The third-order valence-corrected chi connectivity index (χ3v) is 4.65. The molecule has 0 unspecified atom stereocenters. The minimum absolute atomic E-state index is 0.0268. The molecule has 0 fully saturated rings. The summed E-state index contributed by atoms with van der Waals surface area (Å²) >= 11 is 0. The maximum absolute atomic E-state index is 13.5. The van der Waals surface area contributed by atoms with Crippen molar-refractivity contribution < 1.29 is 36.6 Å². The van der Waals surface area contributed by atoms with Gasteiger partial charge in [0.1, 0.15) is 23.3 Å². The number of amides is 1. The summed E-state index contributed by atoms with van der Waals surface area (Å²) in [7, 11) is 0. The largest absolute Gasteiger partial charge is 0.507 e. The highest BCUT2D eigenvalue weighted by molar-refractivity contribution is 5.80. The Bertz CT molecular complexity index is 1300. The lowest BCUT2D eigenvalue weighted by atomic mass is 10.2. The van der Waals surface area contributed by atoms with E-state index in [2.05, 4.69) is 19.9 Å². The lowest BCUT2D eigenvalue weighted by Gasteiger charge is -2.32. The fourth-order valence-electron chi connectivity index (χ4n) is 2.98. The first-order valence-electron chi connectivity index (χ1n) is 9.55.